The Kier molecular flexibility index (Phi) is 6.11. The van der Waals surface area contributed by atoms with Crippen molar-refractivity contribution in [1.29, 1.82) is 0 Å². The molecule has 1 heterocycles. The molecule has 1 aliphatic rings. The number of carbonyl (C=O) groups excluding carboxylic acids is 2. The molecule has 0 spiro atoms. The molecule has 3 aromatic carbocycles. The Bertz CT molecular complexity index is 1270. The molecule has 1 aliphatic heterocycles. The van der Waals surface area contributed by atoms with Crippen LogP contribution in [0.3, 0.4) is 0 Å². The second-order valence-corrected chi connectivity index (χ2v) is 8.36. The number of methoxy groups -OCH3 is 1. The molecule has 33 heavy (non-hydrogen) atoms. The van der Waals surface area contributed by atoms with E-state index < -0.39 is 11.8 Å². The van der Waals surface area contributed by atoms with Gasteiger partial charge in [0.25, 0.3) is 11.8 Å². The minimum atomic E-state index is -0.430. The lowest BCUT2D eigenvalue weighted by molar-refractivity contribution is -0.120. The molecule has 2 amide bonds. The zero-order valence-corrected chi connectivity index (χ0v) is 19.6. The Balaban J connectivity index is 1.83. The van der Waals surface area contributed by atoms with Gasteiger partial charge in [-0.25, -0.2) is 4.90 Å². The predicted octanol–water partition coefficient (Wildman–Crippen LogP) is 5.12. The van der Waals surface area contributed by atoms with Crippen LogP contribution in [0.1, 0.15) is 11.1 Å². The van der Waals surface area contributed by atoms with E-state index in [2.05, 4.69) is 5.32 Å². The standard InChI is InChI=1S/C26H24ClN3O3/c1-16-8-11-18(27)14-22(16)28-24-23(17-9-12-21(33-4)13-10-17)25(31)30(26(24)32)20-7-5-6-19(15-20)29(2)3/h5-15,28H,1-4H3. The monoisotopic (exact) mass is 461 g/mol. The van der Waals surface area contributed by atoms with Crippen LogP contribution in [0.15, 0.2) is 72.4 Å². The fourth-order valence-electron chi connectivity index (χ4n) is 3.68. The second kappa shape index (κ2) is 9.00. The van der Waals surface area contributed by atoms with Crippen LogP contribution in [0.4, 0.5) is 17.1 Å². The van der Waals surface area contributed by atoms with E-state index in [1.165, 1.54) is 4.90 Å². The molecular formula is C26H24ClN3O3. The van der Waals surface area contributed by atoms with Crippen molar-refractivity contribution in [3.63, 3.8) is 0 Å². The highest BCUT2D eigenvalue weighted by atomic mass is 35.5. The minimum absolute atomic E-state index is 0.200. The Morgan fingerprint density at radius 3 is 2.33 bits per heavy atom. The molecule has 0 saturated heterocycles. The van der Waals surface area contributed by atoms with Crippen molar-refractivity contribution in [1.82, 2.24) is 0 Å². The molecule has 7 heteroatoms. The number of amides is 2. The topological polar surface area (TPSA) is 61.9 Å². The van der Waals surface area contributed by atoms with E-state index in [9.17, 15) is 9.59 Å². The predicted molar refractivity (Wildman–Crippen MR) is 133 cm³/mol. The first-order valence-electron chi connectivity index (χ1n) is 10.4. The molecule has 0 aliphatic carbocycles. The molecule has 3 aromatic rings. The van der Waals surface area contributed by atoms with E-state index in [1.807, 2.05) is 50.2 Å². The molecule has 0 fully saturated rings. The first-order chi connectivity index (χ1) is 15.8. The van der Waals surface area contributed by atoms with E-state index in [4.69, 9.17) is 16.3 Å². The number of benzene rings is 3. The van der Waals surface area contributed by atoms with E-state index in [1.54, 1.807) is 49.6 Å². The fraction of sp³-hybridized carbons (Fsp3) is 0.154. The molecular weight excluding hydrogens is 438 g/mol. The zero-order chi connectivity index (χ0) is 23.7. The summed E-state index contributed by atoms with van der Waals surface area (Å²) in [5.41, 5.74) is 4.04. The number of hydrogen-bond donors (Lipinski definition) is 1. The summed E-state index contributed by atoms with van der Waals surface area (Å²) in [5.74, 6) is -0.170. The van der Waals surface area contributed by atoms with Crippen molar-refractivity contribution < 1.29 is 14.3 Å². The summed E-state index contributed by atoms with van der Waals surface area (Å²) in [7, 11) is 5.39. The average molecular weight is 462 g/mol. The molecule has 0 atom stereocenters. The summed E-state index contributed by atoms with van der Waals surface area (Å²) in [6, 6.07) is 19.7. The van der Waals surface area contributed by atoms with Gasteiger partial charge < -0.3 is 15.0 Å². The number of nitrogens with zero attached hydrogens (tertiary/aromatic N) is 2. The van der Waals surface area contributed by atoms with Gasteiger partial charge in [0.1, 0.15) is 11.4 Å². The van der Waals surface area contributed by atoms with Crippen molar-refractivity contribution >= 4 is 46.1 Å². The lowest BCUT2D eigenvalue weighted by Gasteiger charge is -2.19. The quantitative estimate of drug-likeness (QED) is 0.516. The van der Waals surface area contributed by atoms with Crippen LogP contribution in [-0.4, -0.2) is 33.0 Å². The van der Waals surface area contributed by atoms with Gasteiger partial charge >= 0.3 is 0 Å². The first kappa shape index (κ1) is 22.4. The fourth-order valence-corrected chi connectivity index (χ4v) is 3.85. The maximum Gasteiger partial charge on any atom is 0.282 e. The Morgan fingerprint density at radius 2 is 1.67 bits per heavy atom. The SMILES string of the molecule is COc1ccc(C2=C(Nc3cc(Cl)ccc3C)C(=O)N(c3cccc(N(C)C)c3)C2=O)cc1. The first-order valence-corrected chi connectivity index (χ1v) is 10.8. The van der Waals surface area contributed by atoms with Crippen LogP contribution in [0.5, 0.6) is 5.75 Å². The van der Waals surface area contributed by atoms with Crippen LogP contribution in [0, 0.1) is 6.92 Å². The minimum Gasteiger partial charge on any atom is -0.497 e. The summed E-state index contributed by atoms with van der Waals surface area (Å²) in [4.78, 5) is 30.4. The molecule has 0 unspecified atom stereocenters. The van der Waals surface area contributed by atoms with Gasteiger partial charge in [-0.1, -0.05) is 35.9 Å². The van der Waals surface area contributed by atoms with E-state index in [-0.39, 0.29) is 11.3 Å². The average Bonchev–Trinajstić information content (AvgIpc) is 3.05. The highest BCUT2D eigenvalue weighted by molar-refractivity contribution is 6.46. The van der Waals surface area contributed by atoms with E-state index in [0.717, 1.165) is 11.3 Å². The number of nitrogens with one attached hydrogen (secondary N) is 1. The molecule has 168 valence electrons. The van der Waals surface area contributed by atoms with Gasteiger partial charge in [-0.2, -0.15) is 0 Å². The zero-order valence-electron chi connectivity index (χ0n) is 18.8. The van der Waals surface area contributed by atoms with Crippen LogP contribution < -0.4 is 19.9 Å². The molecule has 6 nitrogen and oxygen atoms in total. The molecule has 0 bridgehead atoms. The summed E-state index contributed by atoms with van der Waals surface area (Å²) in [6.07, 6.45) is 0. The smallest absolute Gasteiger partial charge is 0.282 e. The van der Waals surface area contributed by atoms with Gasteiger partial charge in [-0.15, -0.1) is 0 Å². The van der Waals surface area contributed by atoms with Crippen molar-refractivity contribution in [2.75, 3.05) is 36.3 Å². The Labute approximate surface area is 198 Å². The lowest BCUT2D eigenvalue weighted by Crippen LogP contribution is -2.32. The number of carbonyl (C=O) groups is 2. The largest absolute Gasteiger partial charge is 0.497 e. The lowest BCUT2D eigenvalue weighted by atomic mass is 10.0. The number of ether oxygens (including phenoxy) is 1. The molecule has 0 saturated carbocycles. The van der Waals surface area contributed by atoms with Gasteiger partial charge in [-0.3, -0.25) is 9.59 Å². The van der Waals surface area contributed by atoms with E-state index in [0.29, 0.717) is 27.7 Å². The third-order valence-electron chi connectivity index (χ3n) is 5.53. The maximum atomic E-state index is 13.6. The van der Waals surface area contributed by atoms with Crippen molar-refractivity contribution in [3.05, 3.63) is 88.6 Å². The van der Waals surface area contributed by atoms with Crippen LogP contribution >= 0.6 is 11.6 Å². The number of hydrogen-bond acceptors (Lipinski definition) is 5. The maximum absolute atomic E-state index is 13.6. The summed E-state index contributed by atoms with van der Waals surface area (Å²) >= 11 is 6.19. The molecule has 1 N–H and O–H groups in total. The number of anilines is 3. The Hall–Kier alpha value is -3.77. The molecule has 4 rings (SSSR count). The van der Waals surface area contributed by atoms with Gasteiger partial charge in [0.2, 0.25) is 0 Å². The number of rotatable bonds is 6. The third-order valence-corrected chi connectivity index (χ3v) is 5.76. The number of halogens is 1. The highest BCUT2D eigenvalue weighted by Crippen LogP contribution is 2.36. The normalized spacial score (nSPS) is 13.5. The van der Waals surface area contributed by atoms with Gasteiger partial charge in [-0.05, 0) is 60.5 Å². The van der Waals surface area contributed by atoms with E-state index >= 15 is 0 Å². The number of imide groups is 1. The van der Waals surface area contributed by atoms with Crippen molar-refractivity contribution in [2.45, 2.75) is 6.92 Å². The highest BCUT2D eigenvalue weighted by Gasteiger charge is 2.40. The summed E-state index contributed by atoms with van der Waals surface area (Å²) in [5, 5.41) is 3.72. The molecule has 0 aromatic heterocycles. The van der Waals surface area contributed by atoms with Crippen LogP contribution in [-0.2, 0) is 9.59 Å². The van der Waals surface area contributed by atoms with Crippen molar-refractivity contribution in [2.24, 2.45) is 0 Å². The van der Waals surface area contributed by atoms with Crippen LogP contribution in [0.2, 0.25) is 5.02 Å². The summed E-state index contributed by atoms with van der Waals surface area (Å²) in [6.45, 7) is 1.91. The molecule has 0 radical (unpaired) electrons. The third kappa shape index (κ3) is 4.30. The van der Waals surface area contributed by atoms with Crippen molar-refractivity contribution in [3.8, 4) is 5.75 Å². The second-order valence-electron chi connectivity index (χ2n) is 7.92. The number of aryl methyl sites for hydroxylation is 1. The van der Waals surface area contributed by atoms with Crippen LogP contribution in [0.25, 0.3) is 5.57 Å². The van der Waals surface area contributed by atoms with Gasteiger partial charge in [0.15, 0.2) is 0 Å². The Morgan fingerprint density at radius 1 is 0.939 bits per heavy atom. The summed E-state index contributed by atoms with van der Waals surface area (Å²) < 4.78 is 5.24. The van der Waals surface area contributed by atoms with Gasteiger partial charge in [0, 0.05) is 30.5 Å². The van der Waals surface area contributed by atoms with Gasteiger partial charge in [0.05, 0.1) is 18.4 Å².